The van der Waals surface area contributed by atoms with E-state index in [2.05, 4.69) is 0 Å². The van der Waals surface area contributed by atoms with Crippen LogP contribution in [0.15, 0.2) is 0 Å². The van der Waals surface area contributed by atoms with Crippen molar-refractivity contribution < 1.29 is 20.1 Å². The van der Waals surface area contributed by atoms with E-state index in [1.54, 1.807) is 13.8 Å². The lowest BCUT2D eigenvalue weighted by Gasteiger charge is -2.03. The molecule has 80 valence electrons. The third kappa shape index (κ3) is 6.95. The Morgan fingerprint density at radius 3 is 2.00 bits per heavy atom. The molecule has 0 aromatic rings. The molecule has 0 aromatic heterocycles. The van der Waals surface area contributed by atoms with Gasteiger partial charge in [-0.1, -0.05) is 0 Å². The molecular weight excluding hydrogens is 172 g/mol. The first-order valence-corrected chi connectivity index (χ1v) is 4.66. The van der Waals surface area contributed by atoms with E-state index in [1.165, 1.54) is 0 Å². The Hall–Kier alpha value is -0.160. The van der Waals surface area contributed by atoms with Gasteiger partial charge >= 0.3 is 0 Å². The molecule has 1 saturated heterocycles. The summed E-state index contributed by atoms with van der Waals surface area (Å²) < 4.78 is 5.05. The first kappa shape index (κ1) is 12.8. The maximum Gasteiger partial charge on any atom is 0.0806 e. The van der Waals surface area contributed by atoms with Crippen molar-refractivity contribution in [2.75, 3.05) is 13.2 Å². The third-order valence-corrected chi connectivity index (χ3v) is 1.93. The molecule has 3 atom stereocenters. The molecule has 0 spiro atoms. The average molecular weight is 192 g/mol. The minimum absolute atomic E-state index is 0.153. The van der Waals surface area contributed by atoms with Crippen molar-refractivity contribution in [1.29, 1.82) is 0 Å². The Labute approximate surface area is 79.2 Å². The van der Waals surface area contributed by atoms with Gasteiger partial charge in [0.2, 0.25) is 0 Å². The second-order valence-corrected chi connectivity index (χ2v) is 3.30. The highest BCUT2D eigenvalue weighted by Gasteiger charge is 2.12. The lowest BCUT2D eigenvalue weighted by Crippen LogP contribution is -2.17. The molecule has 1 aliphatic rings. The fraction of sp³-hybridized carbons (Fsp3) is 1.00. The molecule has 0 amide bonds. The minimum atomic E-state index is -0.593. The highest BCUT2D eigenvalue weighted by Crippen LogP contribution is 2.09. The second-order valence-electron chi connectivity index (χ2n) is 3.30. The summed E-state index contributed by atoms with van der Waals surface area (Å²) in [6, 6.07) is 0. The zero-order valence-corrected chi connectivity index (χ0v) is 8.31. The van der Waals surface area contributed by atoms with Crippen LogP contribution in [-0.2, 0) is 4.74 Å². The van der Waals surface area contributed by atoms with E-state index in [4.69, 9.17) is 20.1 Å². The maximum atomic E-state index is 8.44. The van der Waals surface area contributed by atoms with E-state index in [-0.39, 0.29) is 12.7 Å². The molecule has 4 nitrogen and oxygen atoms in total. The lowest BCUT2D eigenvalue weighted by atomic mass is 10.2. The van der Waals surface area contributed by atoms with Crippen LogP contribution in [0.2, 0.25) is 0 Å². The summed E-state index contributed by atoms with van der Waals surface area (Å²) in [6.07, 6.45) is 1.12. The normalized spacial score (nSPS) is 26.1. The topological polar surface area (TPSA) is 69.9 Å². The Morgan fingerprint density at radius 1 is 1.31 bits per heavy atom. The Bertz CT molecular complexity index is 102. The lowest BCUT2D eigenvalue weighted by molar-refractivity contribution is 0.0438. The molecule has 0 aliphatic carbocycles. The zero-order valence-electron chi connectivity index (χ0n) is 8.31. The van der Waals surface area contributed by atoms with Crippen LogP contribution in [0.25, 0.3) is 0 Å². The van der Waals surface area contributed by atoms with Crippen LogP contribution in [0.1, 0.15) is 26.7 Å². The number of aliphatic hydroxyl groups excluding tert-OH is 3. The monoisotopic (exact) mass is 192 g/mol. The summed E-state index contributed by atoms with van der Waals surface area (Å²) in [5.74, 6) is 0. The van der Waals surface area contributed by atoms with Gasteiger partial charge in [-0.05, 0) is 26.7 Å². The van der Waals surface area contributed by atoms with Crippen molar-refractivity contribution >= 4 is 0 Å². The molecule has 1 rings (SSSR count). The first-order valence-electron chi connectivity index (χ1n) is 4.66. The van der Waals surface area contributed by atoms with Crippen molar-refractivity contribution in [1.82, 2.24) is 0 Å². The van der Waals surface area contributed by atoms with Gasteiger partial charge in [-0.15, -0.1) is 0 Å². The fourth-order valence-corrected chi connectivity index (χ4v) is 0.788. The molecule has 1 heterocycles. The molecule has 3 unspecified atom stereocenters. The van der Waals surface area contributed by atoms with E-state index < -0.39 is 12.2 Å². The largest absolute Gasteiger partial charge is 0.394 e. The van der Waals surface area contributed by atoms with Gasteiger partial charge in [0.05, 0.1) is 24.9 Å². The molecule has 0 radical (unpaired) electrons. The van der Waals surface area contributed by atoms with Gasteiger partial charge < -0.3 is 20.1 Å². The van der Waals surface area contributed by atoms with E-state index in [1.807, 2.05) is 0 Å². The van der Waals surface area contributed by atoms with Gasteiger partial charge in [0.15, 0.2) is 0 Å². The standard InChI is InChI=1S/C5H10O2.C4H10O2/c6-4-5-2-1-3-7-5;1-3(5)4(2)6/h5-6H,1-4H2;3-6H,1-2H3. The van der Waals surface area contributed by atoms with Gasteiger partial charge in [0, 0.05) is 6.61 Å². The summed E-state index contributed by atoms with van der Waals surface area (Å²) in [4.78, 5) is 0. The van der Waals surface area contributed by atoms with Gasteiger partial charge in [-0.25, -0.2) is 0 Å². The second kappa shape index (κ2) is 7.26. The van der Waals surface area contributed by atoms with Crippen LogP contribution in [-0.4, -0.2) is 46.8 Å². The summed E-state index contributed by atoms with van der Waals surface area (Å²) in [6.45, 7) is 4.13. The maximum absolute atomic E-state index is 8.44. The van der Waals surface area contributed by atoms with E-state index in [0.717, 1.165) is 19.4 Å². The fourth-order valence-electron chi connectivity index (χ4n) is 0.788. The van der Waals surface area contributed by atoms with Crippen LogP contribution in [0.4, 0.5) is 0 Å². The van der Waals surface area contributed by atoms with Crippen molar-refractivity contribution in [3.63, 3.8) is 0 Å². The molecule has 3 N–H and O–H groups in total. The van der Waals surface area contributed by atoms with Crippen LogP contribution in [0, 0.1) is 0 Å². The molecule has 4 heteroatoms. The van der Waals surface area contributed by atoms with E-state index in [0.29, 0.717) is 0 Å². The summed E-state index contributed by atoms with van der Waals surface area (Å²) in [5, 5.41) is 25.2. The van der Waals surface area contributed by atoms with Crippen molar-refractivity contribution in [3.8, 4) is 0 Å². The van der Waals surface area contributed by atoms with E-state index in [9.17, 15) is 0 Å². The van der Waals surface area contributed by atoms with Crippen molar-refractivity contribution in [3.05, 3.63) is 0 Å². The van der Waals surface area contributed by atoms with Crippen LogP contribution >= 0.6 is 0 Å². The number of hydrogen-bond acceptors (Lipinski definition) is 4. The van der Waals surface area contributed by atoms with Gasteiger partial charge in [0.25, 0.3) is 0 Å². The Morgan fingerprint density at radius 2 is 1.85 bits per heavy atom. The summed E-state index contributed by atoms with van der Waals surface area (Å²) in [5.41, 5.74) is 0. The predicted molar refractivity (Wildman–Crippen MR) is 49.4 cm³/mol. The van der Waals surface area contributed by atoms with Gasteiger partial charge in [0.1, 0.15) is 0 Å². The highest BCUT2D eigenvalue weighted by molar-refractivity contribution is 4.61. The van der Waals surface area contributed by atoms with Crippen molar-refractivity contribution in [2.24, 2.45) is 0 Å². The predicted octanol–water partition coefficient (Wildman–Crippen LogP) is -0.0943. The van der Waals surface area contributed by atoms with E-state index >= 15 is 0 Å². The van der Waals surface area contributed by atoms with Crippen LogP contribution in [0.5, 0.6) is 0 Å². The number of rotatable bonds is 2. The SMILES string of the molecule is CC(O)C(C)O.OCC1CCCO1. The molecule has 0 aromatic carbocycles. The molecule has 0 bridgehead atoms. The average Bonchev–Trinajstić information content (AvgIpc) is 2.56. The minimum Gasteiger partial charge on any atom is -0.394 e. The summed E-state index contributed by atoms with van der Waals surface area (Å²) in [7, 11) is 0. The molecule has 1 fully saturated rings. The number of aliphatic hydroxyl groups is 3. The summed E-state index contributed by atoms with van der Waals surface area (Å²) >= 11 is 0. The van der Waals surface area contributed by atoms with Crippen LogP contribution < -0.4 is 0 Å². The quantitative estimate of drug-likeness (QED) is 0.571. The first-order chi connectivity index (χ1) is 6.07. The molecule has 13 heavy (non-hydrogen) atoms. The Balaban J connectivity index is 0.000000226. The van der Waals surface area contributed by atoms with Gasteiger partial charge in [-0.3, -0.25) is 0 Å². The van der Waals surface area contributed by atoms with Gasteiger partial charge in [-0.2, -0.15) is 0 Å². The number of hydrogen-bond donors (Lipinski definition) is 3. The number of ether oxygens (including phenoxy) is 1. The smallest absolute Gasteiger partial charge is 0.0806 e. The van der Waals surface area contributed by atoms with Crippen molar-refractivity contribution in [2.45, 2.75) is 45.0 Å². The zero-order chi connectivity index (χ0) is 10.3. The van der Waals surface area contributed by atoms with Crippen LogP contribution in [0.3, 0.4) is 0 Å². The molecule has 0 saturated carbocycles. The molecular formula is C9H20O4. The molecule has 1 aliphatic heterocycles. The highest BCUT2D eigenvalue weighted by atomic mass is 16.5. The Kier molecular flexibility index (Phi) is 7.17. The third-order valence-electron chi connectivity index (χ3n) is 1.93.